The van der Waals surface area contributed by atoms with E-state index in [0.717, 1.165) is 17.9 Å². The van der Waals surface area contributed by atoms with Crippen LogP contribution in [0.2, 0.25) is 0 Å². The van der Waals surface area contributed by atoms with Crippen LogP contribution in [0.25, 0.3) is 0 Å². The lowest BCUT2D eigenvalue weighted by Crippen LogP contribution is -2.24. The molecule has 1 unspecified atom stereocenters. The molecule has 0 radical (unpaired) electrons. The van der Waals surface area contributed by atoms with Crippen LogP contribution in [0, 0.1) is 0 Å². The van der Waals surface area contributed by atoms with Gasteiger partial charge in [0.15, 0.2) is 0 Å². The molecule has 0 amide bonds. The summed E-state index contributed by atoms with van der Waals surface area (Å²) in [7, 11) is 0. The Balaban J connectivity index is 2.37. The molecule has 84 valence electrons. The zero-order valence-corrected chi connectivity index (χ0v) is 9.14. The minimum atomic E-state index is -0.0336. The molecule has 0 aliphatic carbocycles. The van der Waals surface area contributed by atoms with Crippen LogP contribution in [0.1, 0.15) is 24.4 Å². The van der Waals surface area contributed by atoms with Crippen molar-refractivity contribution in [1.29, 1.82) is 0 Å². The fourth-order valence-electron chi connectivity index (χ4n) is 1.67. The lowest BCUT2D eigenvalue weighted by atomic mass is 10.1. The number of nitrogens with one attached hydrogen (secondary N) is 2. The number of nitrogen functional groups attached to an aromatic ring is 1. The van der Waals surface area contributed by atoms with Crippen molar-refractivity contribution in [1.82, 2.24) is 20.3 Å². The van der Waals surface area contributed by atoms with E-state index in [0.29, 0.717) is 5.82 Å². The van der Waals surface area contributed by atoms with Gasteiger partial charge in [-0.25, -0.2) is 9.97 Å². The highest BCUT2D eigenvalue weighted by Gasteiger charge is 2.17. The van der Waals surface area contributed by atoms with Gasteiger partial charge in [-0.3, -0.25) is 0 Å². The molecule has 0 saturated heterocycles. The summed E-state index contributed by atoms with van der Waals surface area (Å²) in [6.07, 6.45) is 5.21. The van der Waals surface area contributed by atoms with E-state index in [1.165, 1.54) is 0 Å². The molecular formula is C11H15N5. The number of rotatable bonds is 4. The highest BCUT2D eigenvalue weighted by atomic mass is 15.0. The topological polar surface area (TPSA) is 79.6 Å². The highest BCUT2D eigenvalue weighted by Crippen LogP contribution is 2.22. The number of H-pyrrole nitrogens is 1. The molecule has 0 bridgehead atoms. The van der Waals surface area contributed by atoms with Crippen LogP contribution in [0.15, 0.2) is 30.7 Å². The summed E-state index contributed by atoms with van der Waals surface area (Å²) in [5.74, 6) is 1.38. The van der Waals surface area contributed by atoms with E-state index < -0.39 is 0 Å². The first-order valence-corrected chi connectivity index (χ1v) is 5.26. The van der Waals surface area contributed by atoms with Gasteiger partial charge in [-0.2, -0.15) is 0 Å². The molecule has 0 aromatic carbocycles. The fraction of sp³-hybridized carbons (Fsp3) is 0.273. The first-order valence-electron chi connectivity index (χ1n) is 5.26. The molecule has 0 spiro atoms. The predicted molar refractivity (Wildman–Crippen MR) is 62.8 cm³/mol. The Hall–Kier alpha value is -1.88. The van der Waals surface area contributed by atoms with E-state index in [1.54, 1.807) is 18.6 Å². The molecule has 0 aliphatic heterocycles. The lowest BCUT2D eigenvalue weighted by molar-refractivity contribution is 0.603. The summed E-state index contributed by atoms with van der Waals surface area (Å²) in [5, 5.41) is 3.33. The number of nitrogens with zero attached hydrogens (tertiary/aromatic N) is 2. The predicted octanol–water partition coefficient (Wildman–Crippen LogP) is 1.09. The second kappa shape index (κ2) is 4.76. The summed E-state index contributed by atoms with van der Waals surface area (Å²) in [6, 6.07) is 3.80. The number of anilines is 1. The van der Waals surface area contributed by atoms with Crippen molar-refractivity contribution in [2.75, 3.05) is 12.3 Å². The van der Waals surface area contributed by atoms with E-state index in [-0.39, 0.29) is 6.04 Å². The third-order valence-electron chi connectivity index (χ3n) is 2.38. The van der Waals surface area contributed by atoms with E-state index in [1.807, 2.05) is 19.1 Å². The van der Waals surface area contributed by atoms with Crippen molar-refractivity contribution in [3.63, 3.8) is 0 Å². The SMILES string of the molecule is CCNC(c1ncc[nH]1)c1cccnc1N. The van der Waals surface area contributed by atoms with Crippen LogP contribution in [0.3, 0.4) is 0 Å². The van der Waals surface area contributed by atoms with Crippen molar-refractivity contribution in [3.05, 3.63) is 42.1 Å². The van der Waals surface area contributed by atoms with E-state index >= 15 is 0 Å². The average Bonchev–Trinajstić information content (AvgIpc) is 2.80. The van der Waals surface area contributed by atoms with Gasteiger partial charge < -0.3 is 16.0 Å². The molecule has 5 nitrogen and oxygen atoms in total. The van der Waals surface area contributed by atoms with Crippen LogP contribution >= 0.6 is 0 Å². The van der Waals surface area contributed by atoms with Crippen molar-refractivity contribution < 1.29 is 0 Å². The number of aromatic nitrogens is 3. The molecule has 2 rings (SSSR count). The zero-order valence-electron chi connectivity index (χ0n) is 9.14. The maximum Gasteiger partial charge on any atom is 0.128 e. The number of imidazole rings is 1. The van der Waals surface area contributed by atoms with E-state index in [2.05, 4.69) is 20.3 Å². The normalized spacial score (nSPS) is 12.6. The number of hydrogen-bond donors (Lipinski definition) is 3. The summed E-state index contributed by atoms with van der Waals surface area (Å²) < 4.78 is 0. The maximum absolute atomic E-state index is 5.87. The summed E-state index contributed by atoms with van der Waals surface area (Å²) >= 11 is 0. The van der Waals surface area contributed by atoms with Crippen LogP contribution in [0.4, 0.5) is 5.82 Å². The minimum Gasteiger partial charge on any atom is -0.383 e. The van der Waals surface area contributed by atoms with Gasteiger partial charge in [-0.1, -0.05) is 13.0 Å². The summed E-state index contributed by atoms with van der Waals surface area (Å²) in [6.45, 7) is 2.88. The first-order chi connectivity index (χ1) is 7.83. The quantitative estimate of drug-likeness (QED) is 0.716. The molecule has 16 heavy (non-hydrogen) atoms. The molecule has 0 aliphatic rings. The molecule has 1 atom stereocenters. The third kappa shape index (κ3) is 2.04. The summed E-state index contributed by atoms with van der Waals surface area (Å²) in [5.41, 5.74) is 6.81. The standard InChI is InChI=1S/C11H15N5/c1-2-13-9(11-15-6-7-16-11)8-4-3-5-14-10(8)12/h3-7,9,13H,2H2,1H3,(H2,12,14)(H,15,16). The maximum atomic E-state index is 5.87. The van der Waals surface area contributed by atoms with Crippen LogP contribution in [-0.4, -0.2) is 21.5 Å². The molecule has 5 heteroatoms. The molecule has 4 N–H and O–H groups in total. The Morgan fingerprint density at radius 3 is 2.94 bits per heavy atom. The van der Waals surface area contributed by atoms with Gasteiger partial charge in [-0.05, 0) is 12.6 Å². The zero-order chi connectivity index (χ0) is 11.4. The Kier molecular flexibility index (Phi) is 3.16. The van der Waals surface area contributed by atoms with Crippen molar-refractivity contribution in [2.45, 2.75) is 13.0 Å². The number of nitrogens with two attached hydrogens (primary N) is 1. The molecule has 0 fully saturated rings. The Bertz CT molecular complexity index is 437. The van der Waals surface area contributed by atoms with Gasteiger partial charge in [0.05, 0.1) is 6.04 Å². The van der Waals surface area contributed by atoms with Gasteiger partial charge >= 0.3 is 0 Å². The van der Waals surface area contributed by atoms with Crippen LogP contribution in [0.5, 0.6) is 0 Å². The van der Waals surface area contributed by atoms with Gasteiger partial charge in [0.25, 0.3) is 0 Å². The molecule has 0 saturated carbocycles. The molecule has 2 aromatic rings. The monoisotopic (exact) mass is 217 g/mol. The van der Waals surface area contributed by atoms with E-state index in [4.69, 9.17) is 5.73 Å². The second-order valence-corrected chi connectivity index (χ2v) is 3.44. The third-order valence-corrected chi connectivity index (χ3v) is 2.38. The van der Waals surface area contributed by atoms with Crippen molar-refractivity contribution >= 4 is 5.82 Å². The first kappa shape index (κ1) is 10.6. The summed E-state index contributed by atoms with van der Waals surface area (Å²) in [4.78, 5) is 11.4. The van der Waals surface area contributed by atoms with E-state index in [9.17, 15) is 0 Å². The molecule has 2 heterocycles. The van der Waals surface area contributed by atoms with Crippen molar-refractivity contribution in [2.24, 2.45) is 0 Å². The van der Waals surface area contributed by atoms with Crippen LogP contribution < -0.4 is 11.1 Å². The van der Waals surface area contributed by atoms with Crippen LogP contribution in [-0.2, 0) is 0 Å². The largest absolute Gasteiger partial charge is 0.383 e. The molecule has 2 aromatic heterocycles. The Morgan fingerprint density at radius 2 is 2.31 bits per heavy atom. The smallest absolute Gasteiger partial charge is 0.128 e. The minimum absolute atomic E-state index is 0.0336. The van der Waals surface area contributed by atoms with Gasteiger partial charge in [0.2, 0.25) is 0 Å². The number of pyridine rings is 1. The molecular weight excluding hydrogens is 202 g/mol. The average molecular weight is 217 g/mol. The van der Waals surface area contributed by atoms with Gasteiger partial charge in [-0.15, -0.1) is 0 Å². The van der Waals surface area contributed by atoms with Gasteiger partial charge in [0.1, 0.15) is 11.6 Å². The number of hydrogen-bond acceptors (Lipinski definition) is 4. The number of aromatic amines is 1. The fourth-order valence-corrected chi connectivity index (χ4v) is 1.67. The second-order valence-electron chi connectivity index (χ2n) is 3.44. The van der Waals surface area contributed by atoms with Gasteiger partial charge in [0, 0.05) is 24.2 Å². The highest BCUT2D eigenvalue weighted by molar-refractivity contribution is 5.43. The Labute approximate surface area is 94.1 Å². The van der Waals surface area contributed by atoms with Crippen molar-refractivity contribution in [3.8, 4) is 0 Å². The Morgan fingerprint density at radius 1 is 1.44 bits per heavy atom. The lowest BCUT2D eigenvalue weighted by Gasteiger charge is -2.17.